The lowest BCUT2D eigenvalue weighted by molar-refractivity contribution is -0.117. The summed E-state index contributed by atoms with van der Waals surface area (Å²) in [5.41, 5.74) is 9.03. The Morgan fingerprint density at radius 3 is 2.76 bits per heavy atom. The van der Waals surface area contributed by atoms with Gasteiger partial charge in [0.15, 0.2) is 0 Å². The largest absolute Gasteiger partial charge is 0.342 e. The minimum absolute atomic E-state index is 0.0457. The number of halogens is 1. The molecule has 2 fully saturated rings. The van der Waals surface area contributed by atoms with Gasteiger partial charge in [-0.05, 0) is 37.0 Å². The molecule has 2 aliphatic rings. The summed E-state index contributed by atoms with van der Waals surface area (Å²) in [4.78, 5) is 20.8. The molecule has 134 valence electrons. The Hall–Kier alpha value is -1.44. The number of fused-ring (bicyclic) bond motifs is 1. The minimum Gasteiger partial charge on any atom is -0.342 e. The van der Waals surface area contributed by atoms with Crippen LogP contribution in [-0.4, -0.2) is 32.8 Å². The number of alkyl halides is 1. The monoisotopic (exact) mass is 405 g/mol. The number of amides is 1. The van der Waals surface area contributed by atoms with Crippen LogP contribution in [0.25, 0.3) is 11.0 Å². The molecule has 0 radical (unpaired) electrons. The van der Waals surface area contributed by atoms with E-state index in [1.54, 1.807) is 0 Å². The Labute approximate surface area is 155 Å². The number of carbonyl (C=O) groups is 1. The van der Waals surface area contributed by atoms with Crippen molar-refractivity contribution in [3.8, 4) is 0 Å². The van der Waals surface area contributed by atoms with Gasteiger partial charge in [-0.2, -0.15) is 0 Å². The summed E-state index contributed by atoms with van der Waals surface area (Å²) in [5, 5.41) is 3.01. The Morgan fingerprint density at radius 1 is 1.32 bits per heavy atom. The molecule has 0 spiro atoms. The third-order valence-electron chi connectivity index (χ3n) is 5.33. The number of hydrogen-bond donors (Lipinski definition) is 4. The van der Waals surface area contributed by atoms with Crippen molar-refractivity contribution in [1.29, 1.82) is 0 Å². The zero-order valence-electron chi connectivity index (χ0n) is 14.5. The first-order valence-corrected chi connectivity index (χ1v) is 9.90. The molecule has 25 heavy (non-hydrogen) atoms. The van der Waals surface area contributed by atoms with E-state index in [1.165, 1.54) is 19.3 Å². The maximum absolute atomic E-state index is 12.6. The van der Waals surface area contributed by atoms with Crippen LogP contribution in [0.3, 0.4) is 0 Å². The first kappa shape index (κ1) is 17.0. The Kier molecular flexibility index (Phi) is 4.56. The van der Waals surface area contributed by atoms with Gasteiger partial charge in [0.05, 0.1) is 15.9 Å². The van der Waals surface area contributed by atoms with Crippen LogP contribution in [0.1, 0.15) is 44.9 Å². The predicted molar refractivity (Wildman–Crippen MR) is 103 cm³/mol. The van der Waals surface area contributed by atoms with Gasteiger partial charge in [0, 0.05) is 17.6 Å². The third-order valence-corrected chi connectivity index (χ3v) is 6.43. The van der Waals surface area contributed by atoms with E-state index in [2.05, 4.69) is 55.9 Å². The average Bonchev–Trinajstić information content (AvgIpc) is 3.08. The Morgan fingerprint density at radius 2 is 2.12 bits per heavy atom. The van der Waals surface area contributed by atoms with Gasteiger partial charge in [0.25, 0.3) is 0 Å². The molecule has 1 aromatic heterocycles. The average molecular weight is 406 g/mol. The van der Waals surface area contributed by atoms with Crippen LogP contribution in [0.15, 0.2) is 18.2 Å². The van der Waals surface area contributed by atoms with Gasteiger partial charge < -0.3 is 10.3 Å². The number of hydrazine groups is 1. The highest BCUT2D eigenvalue weighted by Crippen LogP contribution is 2.35. The molecule has 4 rings (SSSR count). The van der Waals surface area contributed by atoms with Crippen LogP contribution in [0, 0.1) is 5.92 Å². The van der Waals surface area contributed by atoms with E-state index in [1.807, 2.05) is 18.2 Å². The molecule has 4 N–H and O–H groups in total. The van der Waals surface area contributed by atoms with Crippen LogP contribution in [-0.2, 0) is 4.79 Å². The van der Waals surface area contributed by atoms with Crippen LogP contribution < -0.4 is 16.2 Å². The lowest BCUT2D eigenvalue weighted by Gasteiger charge is -2.22. The minimum atomic E-state index is -0.310. The van der Waals surface area contributed by atoms with Gasteiger partial charge in [0.1, 0.15) is 11.9 Å². The number of benzene rings is 1. The van der Waals surface area contributed by atoms with Crippen LogP contribution in [0.5, 0.6) is 0 Å². The molecule has 1 aromatic carbocycles. The van der Waals surface area contributed by atoms with Gasteiger partial charge in [-0.1, -0.05) is 36.2 Å². The lowest BCUT2D eigenvalue weighted by atomic mass is 9.85. The molecular weight excluding hydrogens is 382 g/mol. The van der Waals surface area contributed by atoms with Crippen molar-refractivity contribution in [2.45, 2.75) is 55.9 Å². The molecule has 3 unspecified atom stereocenters. The predicted octanol–water partition coefficient (Wildman–Crippen LogP) is 3.03. The number of rotatable bonds is 4. The fraction of sp³-hybridized carbons (Fsp3) is 0.556. The van der Waals surface area contributed by atoms with Gasteiger partial charge >= 0.3 is 0 Å². The molecule has 2 aromatic rings. The summed E-state index contributed by atoms with van der Waals surface area (Å²) in [7, 11) is 0. The second-order valence-electron chi connectivity index (χ2n) is 7.45. The maximum Gasteiger partial charge on any atom is 0.244 e. The van der Waals surface area contributed by atoms with Crippen molar-refractivity contribution in [3.05, 3.63) is 24.0 Å². The second-order valence-corrected chi connectivity index (χ2v) is 8.51. The van der Waals surface area contributed by atoms with Crippen molar-refractivity contribution >= 4 is 38.6 Å². The molecule has 7 heteroatoms. The summed E-state index contributed by atoms with van der Waals surface area (Å²) in [5.74, 6) is 2.03. The van der Waals surface area contributed by atoms with E-state index in [9.17, 15) is 4.79 Å². The van der Waals surface area contributed by atoms with Gasteiger partial charge in [-0.15, -0.1) is 0 Å². The van der Waals surface area contributed by atoms with E-state index in [-0.39, 0.29) is 22.8 Å². The fourth-order valence-corrected chi connectivity index (χ4v) is 4.61. The summed E-state index contributed by atoms with van der Waals surface area (Å²) in [6.07, 6.45) is 3.72. The van der Waals surface area contributed by atoms with Gasteiger partial charge in [-0.3, -0.25) is 10.2 Å². The van der Waals surface area contributed by atoms with Crippen molar-refractivity contribution in [3.63, 3.8) is 0 Å². The summed E-state index contributed by atoms with van der Waals surface area (Å²) in [6.45, 7) is 4.28. The van der Waals surface area contributed by atoms with E-state index in [0.717, 1.165) is 22.5 Å². The van der Waals surface area contributed by atoms with Crippen LogP contribution in [0.4, 0.5) is 5.69 Å². The number of carbonyl (C=O) groups excluding carboxylic acids is 1. The number of anilines is 1. The quantitative estimate of drug-likeness (QED) is 0.589. The highest BCUT2D eigenvalue weighted by molar-refractivity contribution is 9.09. The van der Waals surface area contributed by atoms with E-state index in [4.69, 9.17) is 0 Å². The molecule has 1 saturated carbocycles. The zero-order chi connectivity index (χ0) is 17.6. The molecule has 6 nitrogen and oxygen atoms in total. The summed E-state index contributed by atoms with van der Waals surface area (Å²) < 4.78 is 0. The summed E-state index contributed by atoms with van der Waals surface area (Å²) >= 11 is 3.66. The molecule has 2 heterocycles. The fourth-order valence-electron chi connectivity index (χ4n) is 3.50. The van der Waals surface area contributed by atoms with Crippen molar-refractivity contribution in [2.75, 3.05) is 5.32 Å². The van der Waals surface area contributed by atoms with Crippen molar-refractivity contribution in [1.82, 2.24) is 20.8 Å². The molecular formula is C18H24BrN5O. The molecule has 1 aliphatic heterocycles. The molecule has 1 saturated heterocycles. The molecule has 1 aliphatic carbocycles. The number of H-pyrrole nitrogens is 1. The molecule has 0 bridgehead atoms. The Bertz CT molecular complexity index is 785. The third kappa shape index (κ3) is 3.20. The summed E-state index contributed by atoms with van der Waals surface area (Å²) in [6, 6.07) is 5.75. The SMILES string of the molecule is CC(C)C1NNC(C(=O)Nc2ccc3nc(C4CCC4)[nH]c3c2)C1Br. The molecule has 1 amide bonds. The van der Waals surface area contributed by atoms with E-state index in [0.29, 0.717) is 11.8 Å². The highest BCUT2D eigenvalue weighted by Gasteiger charge is 2.39. The first-order valence-electron chi connectivity index (χ1n) is 8.98. The topological polar surface area (TPSA) is 81.8 Å². The number of aromatic nitrogens is 2. The van der Waals surface area contributed by atoms with Crippen LogP contribution >= 0.6 is 15.9 Å². The maximum atomic E-state index is 12.6. The lowest BCUT2D eigenvalue weighted by Crippen LogP contribution is -2.42. The normalized spacial score (nSPS) is 27.0. The second kappa shape index (κ2) is 6.70. The number of aromatic amines is 1. The number of nitrogens with one attached hydrogen (secondary N) is 4. The number of imidazole rings is 1. The van der Waals surface area contributed by atoms with Gasteiger partial charge in [0.2, 0.25) is 5.91 Å². The zero-order valence-corrected chi connectivity index (χ0v) is 16.1. The Balaban J connectivity index is 1.47. The van der Waals surface area contributed by atoms with Crippen LogP contribution in [0.2, 0.25) is 0 Å². The number of hydrogen-bond acceptors (Lipinski definition) is 4. The smallest absolute Gasteiger partial charge is 0.244 e. The van der Waals surface area contributed by atoms with Crippen molar-refractivity contribution in [2.24, 2.45) is 5.92 Å². The highest BCUT2D eigenvalue weighted by atomic mass is 79.9. The standard InChI is InChI=1S/C18H24BrN5O/c1-9(2)15-14(19)16(24-23-15)18(25)20-11-6-7-12-13(8-11)22-17(21-12)10-4-3-5-10/h6-10,14-16,23-24H,3-5H2,1-2H3,(H,20,25)(H,21,22). The molecule has 3 atom stereocenters. The number of nitrogens with zero attached hydrogens (tertiary/aromatic N) is 1. The van der Waals surface area contributed by atoms with E-state index >= 15 is 0 Å². The van der Waals surface area contributed by atoms with E-state index < -0.39 is 0 Å². The first-order chi connectivity index (χ1) is 12.0. The van der Waals surface area contributed by atoms with Gasteiger partial charge in [-0.25, -0.2) is 10.4 Å². The van der Waals surface area contributed by atoms with Crippen molar-refractivity contribution < 1.29 is 4.79 Å².